The highest BCUT2D eigenvalue weighted by Gasteiger charge is 2.10. The maximum absolute atomic E-state index is 13.6. The minimum absolute atomic E-state index is 0.0140. The van der Waals surface area contributed by atoms with E-state index in [-0.39, 0.29) is 17.7 Å². The maximum Gasteiger partial charge on any atom is 0.147 e. The van der Waals surface area contributed by atoms with Gasteiger partial charge in [-0.3, -0.25) is 0 Å². The van der Waals surface area contributed by atoms with Gasteiger partial charge in [-0.2, -0.15) is 0 Å². The molecule has 0 aliphatic heterocycles. The number of nitrogens with one attached hydrogen (secondary N) is 1. The molecule has 1 atom stereocenters. The van der Waals surface area contributed by atoms with Crippen molar-refractivity contribution in [2.24, 2.45) is 0 Å². The van der Waals surface area contributed by atoms with Crippen LogP contribution in [-0.2, 0) is 6.42 Å². The molecule has 1 nitrogen and oxygen atoms in total. The Morgan fingerprint density at radius 1 is 1.11 bits per heavy atom. The fraction of sp³-hybridized carbons (Fsp3) is 0.200. The number of rotatable bonds is 4. The predicted octanol–water partition coefficient (Wildman–Crippen LogP) is 4.66. The highest BCUT2D eigenvalue weighted by atomic mass is 35.5. The van der Waals surface area contributed by atoms with Crippen LogP contribution >= 0.6 is 11.6 Å². The largest absolute Gasteiger partial charge is 0.379 e. The minimum atomic E-state index is -0.376. The number of hydrogen-bond acceptors (Lipinski definition) is 1. The molecule has 0 heterocycles. The molecule has 19 heavy (non-hydrogen) atoms. The van der Waals surface area contributed by atoms with Crippen molar-refractivity contribution in [1.29, 1.82) is 0 Å². The van der Waals surface area contributed by atoms with E-state index in [1.165, 1.54) is 18.2 Å². The van der Waals surface area contributed by atoms with E-state index in [4.69, 9.17) is 11.6 Å². The summed E-state index contributed by atoms with van der Waals surface area (Å²) < 4.78 is 26.4. The Morgan fingerprint density at radius 3 is 2.42 bits per heavy atom. The van der Waals surface area contributed by atoms with Crippen LogP contribution in [0.1, 0.15) is 12.5 Å². The van der Waals surface area contributed by atoms with E-state index in [1.54, 1.807) is 24.3 Å². The Hall–Kier alpha value is -1.61. The van der Waals surface area contributed by atoms with Crippen LogP contribution < -0.4 is 5.32 Å². The van der Waals surface area contributed by atoms with Gasteiger partial charge in [-0.25, -0.2) is 8.78 Å². The molecule has 0 radical (unpaired) electrons. The SMILES string of the molecule is CC(Cc1ccc(F)cc1)Nc1c(F)cccc1Cl. The van der Waals surface area contributed by atoms with Gasteiger partial charge < -0.3 is 5.32 Å². The van der Waals surface area contributed by atoms with Crippen molar-refractivity contribution in [1.82, 2.24) is 0 Å². The molecule has 100 valence electrons. The highest BCUT2D eigenvalue weighted by Crippen LogP contribution is 2.25. The molecule has 0 aromatic heterocycles. The third-order valence-electron chi connectivity index (χ3n) is 2.81. The molecule has 2 aromatic rings. The lowest BCUT2D eigenvalue weighted by molar-refractivity contribution is 0.624. The van der Waals surface area contributed by atoms with Crippen molar-refractivity contribution in [2.45, 2.75) is 19.4 Å². The lowest BCUT2D eigenvalue weighted by Gasteiger charge is -2.17. The maximum atomic E-state index is 13.6. The smallest absolute Gasteiger partial charge is 0.147 e. The first kappa shape index (κ1) is 13.8. The quantitative estimate of drug-likeness (QED) is 0.859. The van der Waals surface area contributed by atoms with E-state index in [0.717, 1.165) is 5.56 Å². The predicted molar refractivity (Wildman–Crippen MR) is 74.6 cm³/mol. The molecule has 1 N–H and O–H groups in total. The molecule has 0 aliphatic carbocycles. The van der Waals surface area contributed by atoms with Crippen LogP contribution in [0.3, 0.4) is 0 Å². The lowest BCUT2D eigenvalue weighted by Crippen LogP contribution is -2.19. The van der Waals surface area contributed by atoms with Crippen LogP contribution in [0.4, 0.5) is 14.5 Å². The zero-order valence-corrected chi connectivity index (χ0v) is 11.2. The third-order valence-corrected chi connectivity index (χ3v) is 3.12. The Morgan fingerprint density at radius 2 is 1.79 bits per heavy atom. The van der Waals surface area contributed by atoms with Crippen molar-refractivity contribution in [2.75, 3.05) is 5.32 Å². The summed E-state index contributed by atoms with van der Waals surface area (Å²) in [6, 6.07) is 10.8. The van der Waals surface area contributed by atoms with Crippen molar-refractivity contribution < 1.29 is 8.78 Å². The fourth-order valence-corrected chi connectivity index (χ4v) is 2.12. The number of para-hydroxylation sites is 1. The molecule has 0 saturated carbocycles. The number of hydrogen-bond donors (Lipinski definition) is 1. The molecule has 2 rings (SSSR count). The Kier molecular flexibility index (Phi) is 4.38. The van der Waals surface area contributed by atoms with E-state index < -0.39 is 0 Å². The molecule has 0 saturated heterocycles. The van der Waals surface area contributed by atoms with Crippen molar-refractivity contribution in [3.63, 3.8) is 0 Å². The summed E-state index contributed by atoms with van der Waals surface area (Å²) in [5.41, 5.74) is 1.28. The first-order valence-electron chi connectivity index (χ1n) is 6.01. The minimum Gasteiger partial charge on any atom is -0.379 e. The van der Waals surface area contributed by atoms with Gasteiger partial charge >= 0.3 is 0 Å². The van der Waals surface area contributed by atoms with Crippen LogP contribution in [-0.4, -0.2) is 6.04 Å². The summed E-state index contributed by atoms with van der Waals surface area (Å²) in [6.45, 7) is 1.92. The van der Waals surface area contributed by atoms with Gasteiger partial charge in [0, 0.05) is 6.04 Å². The van der Waals surface area contributed by atoms with E-state index in [0.29, 0.717) is 17.1 Å². The van der Waals surface area contributed by atoms with E-state index >= 15 is 0 Å². The summed E-state index contributed by atoms with van der Waals surface area (Å²) in [6.07, 6.45) is 0.658. The molecular formula is C15H14ClF2N. The topological polar surface area (TPSA) is 12.0 Å². The molecular weight excluding hydrogens is 268 g/mol. The van der Waals surface area contributed by atoms with Crippen LogP contribution in [0.5, 0.6) is 0 Å². The first-order valence-corrected chi connectivity index (χ1v) is 6.39. The van der Waals surface area contributed by atoms with Gasteiger partial charge in [0.05, 0.1) is 10.7 Å². The standard InChI is InChI=1S/C15H14ClF2N/c1-10(9-11-5-7-12(17)8-6-11)19-15-13(16)3-2-4-14(15)18/h2-8,10,19H,9H2,1H3. The summed E-state index contributed by atoms with van der Waals surface area (Å²) in [7, 11) is 0. The van der Waals surface area contributed by atoms with Crippen LogP contribution in [0.2, 0.25) is 5.02 Å². The second-order valence-corrected chi connectivity index (χ2v) is 4.88. The van der Waals surface area contributed by atoms with Gasteiger partial charge in [0.1, 0.15) is 11.6 Å². The summed E-state index contributed by atoms with van der Waals surface area (Å²) in [4.78, 5) is 0. The number of benzene rings is 2. The van der Waals surface area contributed by atoms with Crippen LogP contribution in [0, 0.1) is 11.6 Å². The first-order chi connectivity index (χ1) is 9.06. The summed E-state index contributed by atoms with van der Waals surface area (Å²) in [5.74, 6) is -0.639. The lowest BCUT2D eigenvalue weighted by atomic mass is 10.1. The monoisotopic (exact) mass is 281 g/mol. The molecule has 4 heteroatoms. The number of halogens is 3. The van der Waals surface area contributed by atoms with Gasteiger partial charge in [-0.1, -0.05) is 29.8 Å². The molecule has 0 fully saturated rings. The van der Waals surface area contributed by atoms with E-state index in [9.17, 15) is 8.78 Å². The normalized spacial score (nSPS) is 12.2. The molecule has 0 bridgehead atoms. The van der Waals surface area contributed by atoms with Gasteiger partial charge in [-0.05, 0) is 43.2 Å². The van der Waals surface area contributed by atoms with E-state index in [1.807, 2.05) is 6.92 Å². The molecule has 0 spiro atoms. The summed E-state index contributed by atoms with van der Waals surface area (Å²) in [5, 5.41) is 3.39. The molecule has 0 amide bonds. The average Bonchev–Trinajstić information content (AvgIpc) is 2.37. The number of anilines is 1. The zero-order chi connectivity index (χ0) is 13.8. The molecule has 2 aromatic carbocycles. The summed E-state index contributed by atoms with van der Waals surface area (Å²) >= 11 is 5.95. The third kappa shape index (κ3) is 3.67. The highest BCUT2D eigenvalue weighted by molar-refractivity contribution is 6.33. The van der Waals surface area contributed by atoms with Gasteiger partial charge in [0.25, 0.3) is 0 Å². The van der Waals surface area contributed by atoms with Crippen molar-refractivity contribution in [3.05, 3.63) is 64.7 Å². The average molecular weight is 282 g/mol. The van der Waals surface area contributed by atoms with Crippen LogP contribution in [0.15, 0.2) is 42.5 Å². The molecule has 0 aliphatic rings. The fourth-order valence-electron chi connectivity index (χ4n) is 1.91. The van der Waals surface area contributed by atoms with Crippen molar-refractivity contribution in [3.8, 4) is 0 Å². The van der Waals surface area contributed by atoms with Crippen molar-refractivity contribution >= 4 is 17.3 Å². The second-order valence-electron chi connectivity index (χ2n) is 4.47. The molecule has 1 unspecified atom stereocenters. The van der Waals surface area contributed by atoms with Gasteiger partial charge in [0.2, 0.25) is 0 Å². The zero-order valence-electron chi connectivity index (χ0n) is 10.5. The Labute approximate surface area is 116 Å². The van der Waals surface area contributed by atoms with Crippen LogP contribution in [0.25, 0.3) is 0 Å². The van der Waals surface area contributed by atoms with Gasteiger partial charge in [0.15, 0.2) is 0 Å². The Bertz CT molecular complexity index is 534. The Balaban J connectivity index is 2.05. The van der Waals surface area contributed by atoms with E-state index in [2.05, 4.69) is 5.32 Å². The van der Waals surface area contributed by atoms with Gasteiger partial charge in [-0.15, -0.1) is 0 Å². The second kappa shape index (κ2) is 6.02.